The Bertz CT molecular complexity index is 820. The quantitative estimate of drug-likeness (QED) is 0.616. The van der Waals surface area contributed by atoms with Crippen LogP contribution in [0, 0.1) is 11.6 Å². The monoisotopic (exact) mass is 324 g/mol. The van der Waals surface area contributed by atoms with Crippen LogP contribution >= 0.6 is 0 Å². The first-order valence-corrected chi connectivity index (χ1v) is 7.39. The van der Waals surface area contributed by atoms with Gasteiger partial charge in [0.2, 0.25) is 0 Å². The molecule has 0 radical (unpaired) electrons. The van der Waals surface area contributed by atoms with Crippen molar-refractivity contribution in [1.29, 1.82) is 0 Å². The maximum Gasteiger partial charge on any atom is 0.150 e. The number of halogens is 2. The number of ether oxygens (including phenoxy) is 1. The molecule has 0 fully saturated rings. The SMILES string of the molecule is O=Cc1ccc(-c2c(F)cc(OCc3ccccc3)cc2F)cc1. The summed E-state index contributed by atoms with van der Waals surface area (Å²) in [7, 11) is 0. The van der Waals surface area contributed by atoms with Gasteiger partial charge in [-0.25, -0.2) is 8.78 Å². The van der Waals surface area contributed by atoms with Crippen LogP contribution in [0.2, 0.25) is 0 Å². The van der Waals surface area contributed by atoms with Crippen LogP contribution in [0.25, 0.3) is 11.1 Å². The van der Waals surface area contributed by atoms with Crippen LogP contribution in [-0.4, -0.2) is 6.29 Å². The van der Waals surface area contributed by atoms with Crippen LogP contribution in [0.4, 0.5) is 8.78 Å². The minimum Gasteiger partial charge on any atom is -0.489 e. The number of benzene rings is 3. The van der Waals surface area contributed by atoms with E-state index in [4.69, 9.17) is 4.74 Å². The maximum atomic E-state index is 14.3. The van der Waals surface area contributed by atoms with E-state index in [-0.39, 0.29) is 17.9 Å². The van der Waals surface area contributed by atoms with Crippen LogP contribution < -0.4 is 4.74 Å². The van der Waals surface area contributed by atoms with Gasteiger partial charge in [0.05, 0.1) is 5.56 Å². The molecule has 0 aliphatic rings. The van der Waals surface area contributed by atoms with E-state index in [9.17, 15) is 13.6 Å². The molecular formula is C20H14F2O2. The molecule has 0 unspecified atom stereocenters. The highest BCUT2D eigenvalue weighted by molar-refractivity contribution is 5.77. The van der Waals surface area contributed by atoms with Crippen molar-refractivity contribution < 1.29 is 18.3 Å². The van der Waals surface area contributed by atoms with Crippen LogP contribution in [-0.2, 0) is 6.61 Å². The van der Waals surface area contributed by atoms with E-state index in [0.29, 0.717) is 17.4 Å². The molecule has 0 saturated heterocycles. The Morgan fingerprint density at radius 1 is 0.875 bits per heavy atom. The molecule has 3 rings (SSSR count). The van der Waals surface area contributed by atoms with Crippen molar-refractivity contribution in [2.24, 2.45) is 0 Å². The first-order valence-electron chi connectivity index (χ1n) is 7.39. The number of hydrogen-bond donors (Lipinski definition) is 0. The third-order valence-electron chi connectivity index (χ3n) is 3.60. The summed E-state index contributed by atoms with van der Waals surface area (Å²) in [5.74, 6) is -1.30. The van der Waals surface area contributed by atoms with E-state index in [1.165, 1.54) is 24.3 Å². The van der Waals surface area contributed by atoms with E-state index in [1.807, 2.05) is 30.3 Å². The molecule has 0 aliphatic heterocycles. The summed E-state index contributed by atoms with van der Waals surface area (Å²) in [6.07, 6.45) is 0.678. The minimum atomic E-state index is -0.711. The summed E-state index contributed by atoms with van der Waals surface area (Å²) in [4.78, 5) is 10.7. The van der Waals surface area contributed by atoms with Crippen molar-refractivity contribution in [3.63, 3.8) is 0 Å². The molecule has 120 valence electrons. The fourth-order valence-electron chi connectivity index (χ4n) is 2.38. The number of carbonyl (C=O) groups is 1. The average molecular weight is 324 g/mol. The van der Waals surface area contributed by atoms with E-state index in [1.54, 1.807) is 0 Å². The third-order valence-corrected chi connectivity index (χ3v) is 3.60. The van der Waals surface area contributed by atoms with Gasteiger partial charge in [-0.05, 0) is 11.1 Å². The third kappa shape index (κ3) is 3.49. The zero-order valence-corrected chi connectivity index (χ0v) is 12.7. The Hall–Kier alpha value is -3.01. The van der Waals surface area contributed by atoms with Crippen molar-refractivity contribution in [1.82, 2.24) is 0 Å². The molecule has 0 aliphatic carbocycles. The van der Waals surface area contributed by atoms with Gasteiger partial charge in [0.15, 0.2) is 0 Å². The molecular weight excluding hydrogens is 310 g/mol. The lowest BCUT2D eigenvalue weighted by molar-refractivity contribution is 0.112. The lowest BCUT2D eigenvalue weighted by Crippen LogP contribution is -1.98. The second-order valence-corrected chi connectivity index (χ2v) is 5.28. The number of hydrogen-bond acceptors (Lipinski definition) is 2. The molecule has 0 atom stereocenters. The number of aldehydes is 1. The van der Waals surface area contributed by atoms with E-state index < -0.39 is 11.6 Å². The Balaban J connectivity index is 1.84. The molecule has 0 spiro atoms. The molecule has 0 heterocycles. The summed E-state index contributed by atoms with van der Waals surface area (Å²) in [6.45, 7) is 0.229. The molecule has 0 N–H and O–H groups in total. The van der Waals surface area contributed by atoms with Gasteiger partial charge in [-0.1, -0.05) is 54.6 Å². The topological polar surface area (TPSA) is 26.3 Å². The first-order chi connectivity index (χ1) is 11.7. The van der Waals surface area contributed by atoms with Crippen LogP contribution in [0.5, 0.6) is 5.75 Å². The summed E-state index contributed by atoms with van der Waals surface area (Å²) >= 11 is 0. The van der Waals surface area contributed by atoms with Crippen molar-refractivity contribution in [2.75, 3.05) is 0 Å². The Morgan fingerprint density at radius 2 is 1.50 bits per heavy atom. The van der Waals surface area contributed by atoms with Gasteiger partial charge in [-0.2, -0.15) is 0 Å². The smallest absolute Gasteiger partial charge is 0.150 e. The second-order valence-electron chi connectivity index (χ2n) is 5.28. The molecule has 4 heteroatoms. The van der Waals surface area contributed by atoms with Gasteiger partial charge in [-0.15, -0.1) is 0 Å². The Kier molecular flexibility index (Phi) is 4.66. The minimum absolute atomic E-state index is 0.127. The molecule has 2 nitrogen and oxygen atoms in total. The molecule has 0 amide bonds. The zero-order chi connectivity index (χ0) is 16.9. The van der Waals surface area contributed by atoms with Gasteiger partial charge in [0.25, 0.3) is 0 Å². The fraction of sp³-hybridized carbons (Fsp3) is 0.0500. The van der Waals surface area contributed by atoms with Gasteiger partial charge >= 0.3 is 0 Å². The zero-order valence-electron chi connectivity index (χ0n) is 12.7. The van der Waals surface area contributed by atoms with E-state index in [2.05, 4.69) is 0 Å². The standard InChI is InChI=1S/C20H14F2O2/c21-18-10-17(24-13-15-4-2-1-3-5-15)11-19(22)20(18)16-8-6-14(12-23)7-9-16/h1-12H,13H2. The lowest BCUT2D eigenvalue weighted by atomic mass is 10.0. The van der Waals surface area contributed by atoms with Crippen molar-refractivity contribution in [3.8, 4) is 16.9 Å². The van der Waals surface area contributed by atoms with Gasteiger partial charge in [0, 0.05) is 17.7 Å². The normalized spacial score (nSPS) is 10.4. The summed E-state index contributed by atoms with van der Waals surface area (Å²) in [6, 6.07) is 17.7. The van der Waals surface area contributed by atoms with Crippen molar-refractivity contribution in [2.45, 2.75) is 6.61 Å². The van der Waals surface area contributed by atoms with Crippen LogP contribution in [0.15, 0.2) is 66.7 Å². The highest BCUT2D eigenvalue weighted by Gasteiger charge is 2.14. The molecule has 3 aromatic carbocycles. The predicted molar refractivity (Wildman–Crippen MR) is 88.0 cm³/mol. The summed E-state index contributed by atoms with van der Waals surface area (Å²) in [5, 5.41) is 0. The first kappa shape index (κ1) is 15.9. The largest absolute Gasteiger partial charge is 0.489 e. The van der Waals surface area contributed by atoms with Gasteiger partial charge in [0.1, 0.15) is 30.3 Å². The molecule has 0 saturated carbocycles. The van der Waals surface area contributed by atoms with E-state index in [0.717, 1.165) is 17.7 Å². The maximum absolute atomic E-state index is 14.3. The highest BCUT2D eigenvalue weighted by Crippen LogP contribution is 2.30. The summed E-state index contributed by atoms with van der Waals surface area (Å²) in [5.41, 5.74) is 1.58. The van der Waals surface area contributed by atoms with Gasteiger partial charge in [-0.3, -0.25) is 4.79 Å². The molecule has 0 aromatic heterocycles. The number of rotatable bonds is 5. The van der Waals surface area contributed by atoms with Gasteiger partial charge < -0.3 is 4.74 Å². The highest BCUT2D eigenvalue weighted by atomic mass is 19.1. The van der Waals surface area contributed by atoms with Crippen LogP contribution in [0.1, 0.15) is 15.9 Å². The van der Waals surface area contributed by atoms with E-state index >= 15 is 0 Å². The van der Waals surface area contributed by atoms with Crippen LogP contribution in [0.3, 0.4) is 0 Å². The summed E-state index contributed by atoms with van der Waals surface area (Å²) < 4.78 is 34.1. The Morgan fingerprint density at radius 3 is 2.08 bits per heavy atom. The lowest BCUT2D eigenvalue weighted by Gasteiger charge is -2.10. The van der Waals surface area contributed by atoms with Crippen molar-refractivity contribution >= 4 is 6.29 Å². The fourth-order valence-corrected chi connectivity index (χ4v) is 2.38. The second kappa shape index (κ2) is 7.04. The molecule has 0 bridgehead atoms. The molecule has 24 heavy (non-hydrogen) atoms. The average Bonchev–Trinajstić information content (AvgIpc) is 2.61. The number of carbonyl (C=O) groups excluding carboxylic acids is 1. The predicted octanol–water partition coefficient (Wildman–Crippen LogP) is 5.02. The Labute approximate surface area is 138 Å². The molecule has 3 aromatic rings. The van der Waals surface area contributed by atoms with Crippen molar-refractivity contribution in [3.05, 3.63) is 89.5 Å².